The molecule has 2 heteroatoms. The predicted molar refractivity (Wildman–Crippen MR) is 51.4 cm³/mol. The summed E-state index contributed by atoms with van der Waals surface area (Å²) in [6.07, 6.45) is 4.65. The highest BCUT2D eigenvalue weighted by molar-refractivity contribution is 5.88. The third-order valence-electron chi connectivity index (χ3n) is 3.05. The SMILES string of the molecule is CCC(=O)C1CCCCC1C(C)=O. The van der Waals surface area contributed by atoms with Crippen molar-refractivity contribution in [3.63, 3.8) is 0 Å². The standard InChI is InChI=1S/C11H18O2/c1-3-11(13)10-7-5-4-6-9(10)8(2)12/h9-10H,3-7H2,1-2H3. The van der Waals surface area contributed by atoms with E-state index in [0.717, 1.165) is 25.7 Å². The van der Waals surface area contributed by atoms with Crippen molar-refractivity contribution < 1.29 is 9.59 Å². The van der Waals surface area contributed by atoms with Gasteiger partial charge in [-0.05, 0) is 19.8 Å². The maximum Gasteiger partial charge on any atom is 0.136 e. The summed E-state index contributed by atoms with van der Waals surface area (Å²) < 4.78 is 0. The van der Waals surface area contributed by atoms with Crippen molar-refractivity contribution in [1.29, 1.82) is 0 Å². The lowest BCUT2D eigenvalue weighted by Gasteiger charge is -2.28. The maximum absolute atomic E-state index is 11.5. The number of rotatable bonds is 3. The molecule has 0 aliphatic heterocycles. The van der Waals surface area contributed by atoms with Crippen LogP contribution in [0.5, 0.6) is 0 Å². The Bertz CT molecular complexity index is 208. The van der Waals surface area contributed by atoms with E-state index in [1.807, 2.05) is 6.92 Å². The first-order valence-corrected chi connectivity index (χ1v) is 5.20. The molecule has 0 radical (unpaired) electrons. The van der Waals surface area contributed by atoms with Crippen LogP contribution in [0, 0.1) is 11.8 Å². The van der Waals surface area contributed by atoms with Gasteiger partial charge in [0.25, 0.3) is 0 Å². The third-order valence-corrected chi connectivity index (χ3v) is 3.05. The highest BCUT2D eigenvalue weighted by Gasteiger charge is 2.32. The lowest BCUT2D eigenvalue weighted by atomic mass is 9.74. The van der Waals surface area contributed by atoms with Gasteiger partial charge in [-0.3, -0.25) is 9.59 Å². The Morgan fingerprint density at radius 3 is 2.15 bits per heavy atom. The fourth-order valence-corrected chi connectivity index (χ4v) is 2.27. The molecule has 74 valence electrons. The van der Waals surface area contributed by atoms with Gasteiger partial charge in [0.2, 0.25) is 0 Å². The number of Topliss-reactive ketones (excluding diaryl/α,β-unsaturated/α-hetero) is 2. The molecule has 2 atom stereocenters. The Hall–Kier alpha value is -0.660. The quantitative estimate of drug-likeness (QED) is 0.671. The van der Waals surface area contributed by atoms with Gasteiger partial charge in [0.1, 0.15) is 11.6 Å². The van der Waals surface area contributed by atoms with Crippen LogP contribution in [0.25, 0.3) is 0 Å². The number of carbonyl (C=O) groups is 2. The van der Waals surface area contributed by atoms with E-state index in [1.165, 1.54) is 0 Å². The van der Waals surface area contributed by atoms with Gasteiger partial charge >= 0.3 is 0 Å². The zero-order valence-electron chi connectivity index (χ0n) is 8.51. The molecule has 1 saturated carbocycles. The second-order valence-electron chi connectivity index (χ2n) is 3.93. The minimum absolute atomic E-state index is 0.0289. The first-order chi connectivity index (χ1) is 6.16. The normalized spacial score (nSPS) is 28.5. The van der Waals surface area contributed by atoms with Crippen LogP contribution in [-0.4, -0.2) is 11.6 Å². The fraction of sp³-hybridized carbons (Fsp3) is 0.818. The molecule has 0 bridgehead atoms. The Morgan fingerprint density at radius 1 is 1.15 bits per heavy atom. The smallest absolute Gasteiger partial charge is 0.136 e. The lowest BCUT2D eigenvalue weighted by molar-refractivity contribution is -0.132. The minimum Gasteiger partial charge on any atom is -0.300 e. The maximum atomic E-state index is 11.5. The van der Waals surface area contributed by atoms with Crippen LogP contribution in [0.3, 0.4) is 0 Å². The van der Waals surface area contributed by atoms with Gasteiger partial charge in [-0.1, -0.05) is 19.8 Å². The number of ketones is 2. The summed E-state index contributed by atoms with van der Waals surface area (Å²) in [5, 5.41) is 0. The summed E-state index contributed by atoms with van der Waals surface area (Å²) >= 11 is 0. The summed E-state index contributed by atoms with van der Waals surface area (Å²) in [6.45, 7) is 3.50. The van der Waals surface area contributed by atoms with Crippen molar-refractivity contribution in [2.24, 2.45) is 11.8 Å². The Labute approximate surface area is 79.7 Å². The molecule has 1 rings (SSSR count). The average Bonchev–Trinajstić information content (AvgIpc) is 2.16. The highest BCUT2D eigenvalue weighted by Crippen LogP contribution is 2.31. The summed E-state index contributed by atoms with van der Waals surface area (Å²) in [5.41, 5.74) is 0. The first kappa shape index (κ1) is 10.4. The van der Waals surface area contributed by atoms with E-state index in [1.54, 1.807) is 6.92 Å². The van der Waals surface area contributed by atoms with E-state index < -0.39 is 0 Å². The van der Waals surface area contributed by atoms with Crippen molar-refractivity contribution >= 4 is 11.6 Å². The van der Waals surface area contributed by atoms with E-state index in [2.05, 4.69) is 0 Å². The highest BCUT2D eigenvalue weighted by atomic mass is 16.1. The van der Waals surface area contributed by atoms with E-state index in [9.17, 15) is 9.59 Å². The van der Waals surface area contributed by atoms with E-state index in [-0.39, 0.29) is 23.4 Å². The fourth-order valence-electron chi connectivity index (χ4n) is 2.27. The van der Waals surface area contributed by atoms with Crippen LogP contribution in [0.1, 0.15) is 46.0 Å². The largest absolute Gasteiger partial charge is 0.300 e. The second kappa shape index (κ2) is 4.54. The van der Waals surface area contributed by atoms with Gasteiger partial charge in [-0.25, -0.2) is 0 Å². The molecule has 0 spiro atoms. The second-order valence-corrected chi connectivity index (χ2v) is 3.93. The van der Waals surface area contributed by atoms with E-state index >= 15 is 0 Å². The Kier molecular flexibility index (Phi) is 3.64. The number of hydrogen-bond acceptors (Lipinski definition) is 2. The summed E-state index contributed by atoms with van der Waals surface area (Å²) in [6, 6.07) is 0. The summed E-state index contributed by atoms with van der Waals surface area (Å²) in [7, 11) is 0. The molecule has 2 unspecified atom stereocenters. The van der Waals surface area contributed by atoms with Gasteiger partial charge in [0, 0.05) is 18.3 Å². The van der Waals surface area contributed by atoms with Gasteiger partial charge in [0.05, 0.1) is 0 Å². The molecular formula is C11H18O2. The van der Waals surface area contributed by atoms with Crippen molar-refractivity contribution in [1.82, 2.24) is 0 Å². The van der Waals surface area contributed by atoms with Crippen molar-refractivity contribution in [2.45, 2.75) is 46.0 Å². The van der Waals surface area contributed by atoms with E-state index in [4.69, 9.17) is 0 Å². The van der Waals surface area contributed by atoms with Crippen LogP contribution >= 0.6 is 0 Å². The number of hydrogen-bond donors (Lipinski definition) is 0. The molecule has 0 N–H and O–H groups in total. The lowest BCUT2D eigenvalue weighted by Crippen LogP contribution is -2.31. The van der Waals surface area contributed by atoms with Crippen LogP contribution in [0.2, 0.25) is 0 Å². The van der Waals surface area contributed by atoms with Gasteiger partial charge in [-0.15, -0.1) is 0 Å². The zero-order chi connectivity index (χ0) is 9.84. The topological polar surface area (TPSA) is 34.1 Å². The Balaban J connectivity index is 2.67. The molecule has 0 aromatic rings. The van der Waals surface area contributed by atoms with Crippen molar-refractivity contribution in [3.05, 3.63) is 0 Å². The molecule has 0 heterocycles. The monoisotopic (exact) mass is 182 g/mol. The zero-order valence-corrected chi connectivity index (χ0v) is 8.51. The van der Waals surface area contributed by atoms with Crippen LogP contribution in [0.15, 0.2) is 0 Å². The van der Waals surface area contributed by atoms with Gasteiger partial charge < -0.3 is 0 Å². The molecule has 2 nitrogen and oxygen atoms in total. The minimum atomic E-state index is 0.0289. The van der Waals surface area contributed by atoms with Crippen LogP contribution in [0.4, 0.5) is 0 Å². The Morgan fingerprint density at radius 2 is 1.69 bits per heavy atom. The third kappa shape index (κ3) is 2.39. The van der Waals surface area contributed by atoms with Crippen LogP contribution < -0.4 is 0 Å². The molecule has 0 aromatic carbocycles. The molecule has 13 heavy (non-hydrogen) atoms. The molecular weight excluding hydrogens is 164 g/mol. The number of carbonyl (C=O) groups excluding carboxylic acids is 2. The molecule has 1 fully saturated rings. The average molecular weight is 182 g/mol. The van der Waals surface area contributed by atoms with Gasteiger partial charge in [0.15, 0.2) is 0 Å². The molecule has 1 aliphatic rings. The molecule has 0 amide bonds. The summed E-state index contributed by atoms with van der Waals surface area (Å²) in [4.78, 5) is 22.8. The molecule has 1 aliphatic carbocycles. The first-order valence-electron chi connectivity index (χ1n) is 5.20. The molecule has 0 saturated heterocycles. The van der Waals surface area contributed by atoms with Crippen molar-refractivity contribution in [3.8, 4) is 0 Å². The van der Waals surface area contributed by atoms with Crippen molar-refractivity contribution in [2.75, 3.05) is 0 Å². The predicted octanol–water partition coefficient (Wildman–Crippen LogP) is 2.36. The molecule has 0 aromatic heterocycles. The van der Waals surface area contributed by atoms with Gasteiger partial charge in [-0.2, -0.15) is 0 Å². The van der Waals surface area contributed by atoms with E-state index in [0.29, 0.717) is 6.42 Å². The van der Waals surface area contributed by atoms with Crippen LogP contribution in [-0.2, 0) is 9.59 Å². The summed E-state index contributed by atoms with van der Waals surface area (Å²) in [5.74, 6) is 0.545.